The van der Waals surface area contributed by atoms with Crippen molar-refractivity contribution in [3.8, 4) is 0 Å². The van der Waals surface area contributed by atoms with Gasteiger partial charge in [-0.25, -0.2) is 0 Å². The second kappa shape index (κ2) is 6.82. The predicted molar refractivity (Wildman–Crippen MR) is 88.1 cm³/mol. The van der Waals surface area contributed by atoms with Gasteiger partial charge in [-0.3, -0.25) is 9.69 Å². The predicted octanol–water partition coefficient (Wildman–Crippen LogP) is 1.24. The Labute approximate surface area is 142 Å². The molecule has 0 aliphatic carbocycles. The maximum absolute atomic E-state index is 12.9. The highest BCUT2D eigenvalue weighted by Crippen LogP contribution is 2.26. The molecule has 0 aromatic carbocycles. The van der Waals surface area contributed by atoms with E-state index >= 15 is 0 Å². The first-order chi connectivity index (χ1) is 11.4. The quantitative estimate of drug-likeness (QED) is 0.809. The van der Waals surface area contributed by atoms with Gasteiger partial charge in [0.05, 0.1) is 32.1 Å². The molecule has 3 heterocycles. The SMILES string of the molecule is Cc1noc(C)c1C(=O)N1CCOC2(COCCN(C(C)C)C2)C1. The topological polar surface area (TPSA) is 68.0 Å². The van der Waals surface area contributed by atoms with Crippen molar-refractivity contribution in [2.75, 3.05) is 46.0 Å². The largest absolute Gasteiger partial charge is 0.377 e. The van der Waals surface area contributed by atoms with Crippen LogP contribution in [0, 0.1) is 13.8 Å². The second-order valence-electron chi connectivity index (χ2n) is 7.07. The summed E-state index contributed by atoms with van der Waals surface area (Å²) < 4.78 is 17.1. The number of aryl methyl sites for hydroxylation is 2. The van der Waals surface area contributed by atoms with Gasteiger partial charge in [0, 0.05) is 25.7 Å². The maximum atomic E-state index is 12.9. The first-order valence-electron chi connectivity index (χ1n) is 8.60. The number of amides is 1. The lowest BCUT2D eigenvalue weighted by molar-refractivity contribution is -0.134. The number of hydrogen-bond acceptors (Lipinski definition) is 6. The lowest BCUT2D eigenvalue weighted by Gasteiger charge is -2.44. The standard InChI is InChI=1S/C17H27N3O4/c1-12(2)19-5-7-22-11-17(9-19)10-20(6-8-23-17)16(21)15-13(3)18-24-14(15)4/h12H,5-11H2,1-4H3. The summed E-state index contributed by atoms with van der Waals surface area (Å²) in [5, 5.41) is 3.90. The highest BCUT2D eigenvalue weighted by molar-refractivity contribution is 5.96. The van der Waals surface area contributed by atoms with Crippen LogP contribution in [0.15, 0.2) is 4.52 Å². The smallest absolute Gasteiger partial charge is 0.259 e. The van der Waals surface area contributed by atoms with E-state index in [2.05, 4.69) is 23.9 Å². The van der Waals surface area contributed by atoms with Gasteiger partial charge in [-0.2, -0.15) is 0 Å². The fraction of sp³-hybridized carbons (Fsp3) is 0.765. The number of rotatable bonds is 2. The molecule has 7 heteroatoms. The Morgan fingerprint density at radius 1 is 1.21 bits per heavy atom. The molecule has 1 atom stereocenters. The van der Waals surface area contributed by atoms with Crippen LogP contribution in [-0.2, 0) is 9.47 Å². The van der Waals surface area contributed by atoms with E-state index in [1.807, 2.05) is 4.90 Å². The maximum Gasteiger partial charge on any atom is 0.259 e. The van der Waals surface area contributed by atoms with Gasteiger partial charge in [0.15, 0.2) is 0 Å². The van der Waals surface area contributed by atoms with E-state index < -0.39 is 5.60 Å². The molecule has 2 aliphatic heterocycles. The summed E-state index contributed by atoms with van der Waals surface area (Å²) in [5.74, 6) is 0.535. The average molecular weight is 337 g/mol. The summed E-state index contributed by atoms with van der Waals surface area (Å²) in [6, 6.07) is 0.417. The number of carbonyl (C=O) groups excluding carboxylic acids is 1. The third kappa shape index (κ3) is 3.34. The first kappa shape index (κ1) is 17.4. The lowest BCUT2D eigenvalue weighted by Crippen LogP contribution is -2.60. The van der Waals surface area contributed by atoms with Crippen molar-refractivity contribution in [3.63, 3.8) is 0 Å². The van der Waals surface area contributed by atoms with Crippen molar-refractivity contribution in [1.29, 1.82) is 0 Å². The van der Waals surface area contributed by atoms with Crippen LogP contribution < -0.4 is 0 Å². The number of aromatic nitrogens is 1. The Kier molecular flexibility index (Phi) is 4.94. The fourth-order valence-corrected chi connectivity index (χ4v) is 3.52. The Bertz CT molecular complexity index is 581. The zero-order chi connectivity index (χ0) is 17.3. The van der Waals surface area contributed by atoms with Gasteiger partial charge in [0.1, 0.15) is 16.9 Å². The molecule has 1 spiro atoms. The molecule has 0 radical (unpaired) electrons. The van der Waals surface area contributed by atoms with Crippen molar-refractivity contribution < 1.29 is 18.8 Å². The van der Waals surface area contributed by atoms with Gasteiger partial charge in [0.2, 0.25) is 0 Å². The molecule has 24 heavy (non-hydrogen) atoms. The number of carbonyl (C=O) groups is 1. The number of ether oxygens (including phenoxy) is 2. The summed E-state index contributed by atoms with van der Waals surface area (Å²) in [7, 11) is 0. The van der Waals surface area contributed by atoms with E-state index in [9.17, 15) is 4.79 Å². The highest BCUT2D eigenvalue weighted by atomic mass is 16.5. The second-order valence-corrected chi connectivity index (χ2v) is 7.07. The molecule has 7 nitrogen and oxygen atoms in total. The molecule has 2 fully saturated rings. The summed E-state index contributed by atoms with van der Waals surface area (Å²) in [5.41, 5.74) is 0.745. The van der Waals surface area contributed by atoms with E-state index in [0.29, 0.717) is 56.0 Å². The third-order valence-electron chi connectivity index (χ3n) is 4.89. The minimum Gasteiger partial charge on any atom is -0.377 e. The van der Waals surface area contributed by atoms with E-state index in [4.69, 9.17) is 14.0 Å². The monoisotopic (exact) mass is 337 g/mol. The van der Waals surface area contributed by atoms with Gasteiger partial charge in [-0.05, 0) is 27.7 Å². The third-order valence-corrected chi connectivity index (χ3v) is 4.89. The fourth-order valence-electron chi connectivity index (χ4n) is 3.52. The van der Waals surface area contributed by atoms with E-state index in [1.165, 1.54) is 0 Å². The Balaban J connectivity index is 1.79. The minimum absolute atomic E-state index is 0.0331. The molecule has 134 valence electrons. The molecular weight excluding hydrogens is 310 g/mol. The first-order valence-corrected chi connectivity index (χ1v) is 8.60. The molecule has 0 saturated carbocycles. The van der Waals surface area contributed by atoms with Crippen LogP contribution in [0.1, 0.15) is 35.7 Å². The van der Waals surface area contributed by atoms with Crippen LogP contribution in [0.25, 0.3) is 0 Å². The zero-order valence-corrected chi connectivity index (χ0v) is 15.0. The van der Waals surface area contributed by atoms with Crippen molar-refractivity contribution in [3.05, 3.63) is 17.0 Å². The molecular formula is C17H27N3O4. The van der Waals surface area contributed by atoms with Gasteiger partial charge in [-0.15, -0.1) is 0 Å². The molecule has 1 aromatic rings. The average Bonchev–Trinajstić information content (AvgIpc) is 2.76. The highest BCUT2D eigenvalue weighted by Gasteiger charge is 2.42. The molecule has 2 saturated heterocycles. The van der Waals surface area contributed by atoms with Crippen molar-refractivity contribution >= 4 is 5.91 Å². The van der Waals surface area contributed by atoms with Crippen LogP contribution in [0.5, 0.6) is 0 Å². The van der Waals surface area contributed by atoms with Gasteiger partial charge < -0.3 is 18.9 Å². The van der Waals surface area contributed by atoms with Crippen LogP contribution >= 0.6 is 0 Å². The molecule has 0 N–H and O–H groups in total. The summed E-state index contributed by atoms with van der Waals surface area (Å²) in [4.78, 5) is 17.2. The van der Waals surface area contributed by atoms with Crippen LogP contribution in [0.3, 0.4) is 0 Å². The van der Waals surface area contributed by atoms with Crippen molar-refractivity contribution in [1.82, 2.24) is 15.0 Å². The summed E-state index contributed by atoms with van der Waals surface area (Å²) >= 11 is 0. The van der Waals surface area contributed by atoms with Gasteiger partial charge in [0.25, 0.3) is 5.91 Å². The zero-order valence-electron chi connectivity index (χ0n) is 15.0. The summed E-state index contributed by atoms with van der Waals surface area (Å²) in [6.45, 7) is 12.4. The van der Waals surface area contributed by atoms with Crippen molar-refractivity contribution in [2.45, 2.75) is 39.3 Å². The molecule has 1 amide bonds. The Morgan fingerprint density at radius 2 is 2.00 bits per heavy atom. The van der Waals surface area contributed by atoms with E-state index in [0.717, 1.165) is 13.1 Å². The number of nitrogens with zero attached hydrogens (tertiary/aromatic N) is 3. The van der Waals surface area contributed by atoms with Crippen LogP contribution in [0.4, 0.5) is 0 Å². The molecule has 2 aliphatic rings. The molecule has 1 unspecified atom stereocenters. The lowest BCUT2D eigenvalue weighted by atomic mass is 10.00. The molecule has 3 rings (SSSR count). The van der Waals surface area contributed by atoms with E-state index in [1.54, 1.807) is 13.8 Å². The minimum atomic E-state index is -0.465. The Hall–Kier alpha value is -1.44. The van der Waals surface area contributed by atoms with Crippen LogP contribution in [0.2, 0.25) is 0 Å². The number of hydrogen-bond donors (Lipinski definition) is 0. The molecule has 1 aromatic heterocycles. The van der Waals surface area contributed by atoms with E-state index in [-0.39, 0.29) is 5.91 Å². The number of morpholine rings is 1. The van der Waals surface area contributed by atoms with Crippen molar-refractivity contribution in [2.24, 2.45) is 0 Å². The van der Waals surface area contributed by atoms with Crippen LogP contribution in [-0.4, -0.2) is 78.5 Å². The molecule has 0 bridgehead atoms. The normalized spacial score (nSPS) is 26.1. The van der Waals surface area contributed by atoms with Gasteiger partial charge in [-0.1, -0.05) is 5.16 Å². The Morgan fingerprint density at radius 3 is 2.67 bits per heavy atom. The summed E-state index contributed by atoms with van der Waals surface area (Å²) in [6.07, 6.45) is 0. The van der Waals surface area contributed by atoms with Gasteiger partial charge >= 0.3 is 0 Å².